The van der Waals surface area contributed by atoms with Crippen LogP contribution in [0, 0.1) is 18.3 Å². The Morgan fingerprint density at radius 1 is 1.52 bits per heavy atom. The first-order valence-corrected chi connectivity index (χ1v) is 7.27. The van der Waals surface area contributed by atoms with Crippen molar-refractivity contribution < 1.29 is 4.79 Å². The molecular weight excluding hydrogens is 264 g/mol. The number of carbonyl (C=O) groups excluding carboxylic acids is 1. The molecule has 0 saturated heterocycles. The molecule has 5 nitrogen and oxygen atoms in total. The van der Waals surface area contributed by atoms with Gasteiger partial charge in [-0.3, -0.25) is 4.79 Å². The number of nitriles is 1. The highest BCUT2D eigenvalue weighted by Crippen LogP contribution is 2.16. The van der Waals surface area contributed by atoms with E-state index in [1.807, 2.05) is 32.0 Å². The Kier molecular flexibility index (Phi) is 4.94. The van der Waals surface area contributed by atoms with E-state index in [1.54, 1.807) is 0 Å². The van der Waals surface area contributed by atoms with Gasteiger partial charge in [0.25, 0.3) is 0 Å². The Balaban J connectivity index is 1.94. The zero-order chi connectivity index (χ0) is 15.2. The van der Waals surface area contributed by atoms with Gasteiger partial charge in [0.1, 0.15) is 11.9 Å². The molecule has 5 heteroatoms. The van der Waals surface area contributed by atoms with E-state index in [0.29, 0.717) is 19.3 Å². The van der Waals surface area contributed by atoms with E-state index >= 15 is 0 Å². The van der Waals surface area contributed by atoms with Gasteiger partial charge in [-0.2, -0.15) is 5.26 Å². The third-order valence-corrected chi connectivity index (χ3v) is 3.42. The third-order valence-electron chi connectivity index (χ3n) is 3.42. The van der Waals surface area contributed by atoms with Gasteiger partial charge in [-0.15, -0.1) is 0 Å². The molecule has 0 radical (unpaired) electrons. The van der Waals surface area contributed by atoms with E-state index < -0.39 is 0 Å². The minimum absolute atomic E-state index is 0.104. The van der Waals surface area contributed by atoms with Crippen LogP contribution in [-0.4, -0.2) is 21.9 Å². The van der Waals surface area contributed by atoms with Gasteiger partial charge in [-0.1, -0.05) is 25.5 Å². The zero-order valence-corrected chi connectivity index (χ0v) is 12.4. The van der Waals surface area contributed by atoms with E-state index in [9.17, 15) is 4.79 Å². The first-order valence-electron chi connectivity index (χ1n) is 7.27. The van der Waals surface area contributed by atoms with Crippen LogP contribution in [0.3, 0.4) is 0 Å². The maximum atomic E-state index is 11.8. The Morgan fingerprint density at radius 3 is 3.00 bits per heavy atom. The fraction of sp³-hybridized carbons (Fsp3) is 0.438. The van der Waals surface area contributed by atoms with Crippen LogP contribution < -0.4 is 5.32 Å². The number of nitrogens with one attached hydrogen (secondary N) is 2. The first kappa shape index (κ1) is 15.0. The van der Waals surface area contributed by atoms with Crippen molar-refractivity contribution >= 4 is 16.9 Å². The molecule has 110 valence electrons. The predicted molar refractivity (Wildman–Crippen MR) is 81.6 cm³/mol. The number of hydrogen-bond acceptors (Lipinski definition) is 3. The molecule has 0 fully saturated rings. The largest absolute Gasteiger partial charge is 0.342 e. The van der Waals surface area contributed by atoms with Gasteiger partial charge >= 0.3 is 0 Å². The molecule has 1 aromatic carbocycles. The highest BCUT2D eigenvalue weighted by molar-refractivity contribution is 5.79. The maximum absolute atomic E-state index is 11.8. The van der Waals surface area contributed by atoms with E-state index in [2.05, 4.69) is 21.4 Å². The lowest BCUT2D eigenvalue weighted by Crippen LogP contribution is -2.33. The fourth-order valence-corrected chi connectivity index (χ4v) is 2.30. The van der Waals surface area contributed by atoms with Crippen molar-refractivity contribution in [1.82, 2.24) is 15.3 Å². The Labute approximate surface area is 124 Å². The second-order valence-corrected chi connectivity index (χ2v) is 5.19. The lowest BCUT2D eigenvalue weighted by Gasteiger charge is -2.09. The Bertz CT molecular complexity index is 668. The molecule has 0 aliphatic carbocycles. The molecule has 1 aromatic heterocycles. The van der Waals surface area contributed by atoms with Crippen molar-refractivity contribution in [1.29, 1.82) is 5.26 Å². The van der Waals surface area contributed by atoms with Gasteiger partial charge in [0.15, 0.2) is 0 Å². The van der Waals surface area contributed by atoms with Crippen LogP contribution in [0.15, 0.2) is 18.2 Å². The number of para-hydroxylation sites is 1. The number of rotatable bonds is 6. The molecule has 0 saturated carbocycles. The topological polar surface area (TPSA) is 81.6 Å². The lowest BCUT2D eigenvalue weighted by atomic mass is 10.2. The number of imidazole rings is 1. The zero-order valence-electron chi connectivity index (χ0n) is 12.4. The van der Waals surface area contributed by atoms with Crippen molar-refractivity contribution in [2.45, 2.75) is 45.6 Å². The summed E-state index contributed by atoms with van der Waals surface area (Å²) in [5.74, 6) is 0.700. The number of hydrogen-bond donors (Lipinski definition) is 2. The fourth-order valence-electron chi connectivity index (χ4n) is 2.30. The number of fused-ring (bicyclic) bond motifs is 1. The number of benzene rings is 1. The summed E-state index contributed by atoms with van der Waals surface area (Å²) in [4.78, 5) is 19.6. The van der Waals surface area contributed by atoms with Crippen LogP contribution in [-0.2, 0) is 11.2 Å². The minimum atomic E-state index is -0.389. The second-order valence-electron chi connectivity index (χ2n) is 5.19. The summed E-state index contributed by atoms with van der Waals surface area (Å²) in [6.07, 6.45) is 2.44. The summed E-state index contributed by atoms with van der Waals surface area (Å²) >= 11 is 0. The Hall–Kier alpha value is -2.35. The van der Waals surface area contributed by atoms with Crippen LogP contribution in [0.25, 0.3) is 11.0 Å². The summed E-state index contributed by atoms with van der Waals surface area (Å²) in [7, 11) is 0. The van der Waals surface area contributed by atoms with Crippen LogP contribution in [0.5, 0.6) is 0 Å². The number of amides is 1. The molecule has 0 spiro atoms. The molecule has 1 atom stereocenters. The molecule has 2 rings (SSSR count). The molecule has 21 heavy (non-hydrogen) atoms. The molecule has 2 aromatic rings. The highest BCUT2D eigenvalue weighted by Gasteiger charge is 2.11. The van der Waals surface area contributed by atoms with Crippen LogP contribution in [0.2, 0.25) is 0 Å². The number of nitrogens with zero attached hydrogens (tertiary/aromatic N) is 2. The maximum Gasteiger partial charge on any atom is 0.221 e. The molecule has 0 aliphatic heterocycles. The quantitative estimate of drug-likeness (QED) is 0.855. The summed E-state index contributed by atoms with van der Waals surface area (Å²) < 4.78 is 0. The summed E-state index contributed by atoms with van der Waals surface area (Å²) in [6.45, 7) is 4.01. The molecule has 1 heterocycles. The normalized spacial score (nSPS) is 12.0. The average Bonchev–Trinajstić information content (AvgIpc) is 2.89. The smallest absolute Gasteiger partial charge is 0.221 e. The molecule has 0 bridgehead atoms. The van der Waals surface area contributed by atoms with Gasteiger partial charge in [0.2, 0.25) is 5.91 Å². The molecule has 2 N–H and O–H groups in total. The average molecular weight is 284 g/mol. The van der Waals surface area contributed by atoms with Crippen molar-refractivity contribution in [2.24, 2.45) is 0 Å². The molecule has 0 aliphatic rings. The van der Waals surface area contributed by atoms with Crippen LogP contribution >= 0.6 is 0 Å². The monoisotopic (exact) mass is 284 g/mol. The third kappa shape index (κ3) is 3.82. The van der Waals surface area contributed by atoms with E-state index in [1.165, 1.54) is 0 Å². The Morgan fingerprint density at radius 2 is 2.33 bits per heavy atom. The second kappa shape index (κ2) is 6.89. The predicted octanol–water partition coefficient (Wildman–Crippen LogP) is 2.61. The van der Waals surface area contributed by atoms with Crippen molar-refractivity contribution in [3.63, 3.8) is 0 Å². The molecule has 0 unspecified atom stereocenters. The highest BCUT2D eigenvalue weighted by atomic mass is 16.1. The summed E-state index contributed by atoms with van der Waals surface area (Å²) in [6, 6.07) is 7.69. The number of aromatic nitrogens is 2. The number of aryl methyl sites for hydroxylation is 2. The van der Waals surface area contributed by atoms with Gasteiger partial charge in [0, 0.05) is 12.8 Å². The van der Waals surface area contributed by atoms with Crippen LogP contribution in [0.1, 0.15) is 37.6 Å². The van der Waals surface area contributed by atoms with Crippen molar-refractivity contribution in [3.05, 3.63) is 29.6 Å². The van der Waals surface area contributed by atoms with Gasteiger partial charge in [-0.05, 0) is 25.0 Å². The van der Waals surface area contributed by atoms with E-state index in [0.717, 1.165) is 28.8 Å². The van der Waals surface area contributed by atoms with Crippen LogP contribution in [0.4, 0.5) is 0 Å². The van der Waals surface area contributed by atoms with E-state index in [4.69, 9.17) is 5.26 Å². The summed E-state index contributed by atoms with van der Waals surface area (Å²) in [5, 5.41) is 11.7. The van der Waals surface area contributed by atoms with Gasteiger partial charge in [0.05, 0.1) is 17.1 Å². The van der Waals surface area contributed by atoms with Crippen molar-refractivity contribution in [2.75, 3.05) is 0 Å². The summed E-state index contributed by atoms with van der Waals surface area (Å²) in [5.41, 5.74) is 3.06. The number of aromatic amines is 1. The molecular formula is C16H20N4O. The van der Waals surface area contributed by atoms with Gasteiger partial charge in [-0.25, -0.2) is 4.98 Å². The number of carbonyl (C=O) groups is 1. The minimum Gasteiger partial charge on any atom is -0.342 e. The first-order chi connectivity index (χ1) is 10.1. The lowest BCUT2D eigenvalue weighted by molar-refractivity contribution is -0.121. The standard InChI is InChI=1S/C16H20N4O/c1-3-5-12(10-17)18-15(21)9-8-14-19-13-7-4-6-11(2)16(13)20-14/h4,6-7,12H,3,5,8-9H2,1-2H3,(H,18,21)(H,19,20)/t12-/m1/s1. The SMILES string of the molecule is CCC[C@H](C#N)NC(=O)CCc1nc2c(C)cccc2[nH]1. The van der Waals surface area contributed by atoms with E-state index in [-0.39, 0.29) is 11.9 Å². The number of H-pyrrole nitrogens is 1. The van der Waals surface area contributed by atoms with Crippen molar-refractivity contribution in [3.8, 4) is 6.07 Å². The molecule has 1 amide bonds. The van der Waals surface area contributed by atoms with Gasteiger partial charge < -0.3 is 10.3 Å².